The van der Waals surface area contributed by atoms with E-state index in [9.17, 15) is 19.2 Å². The number of aryl methyl sites for hydroxylation is 4. The number of methoxy groups -OCH3 is 2. The van der Waals surface area contributed by atoms with Crippen LogP contribution < -0.4 is 23.8 Å². The second-order valence-electron chi connectivity index (χ2n) is 35.2. The number of nitrogens with zero attached hydrogens (tertiary/aromatic N) is 17. The maximum Gasteiger partial charge on any atom is 0.161 e. The Bertz CT molecular complexity index is 6860. The molecule has 0 bridgehead atoms. The van der Waals surface area contributed by atoms with Crippen LogP contribution in [0.2, 0.25) is 0 Å². The highest BCUT2D eigenvalue weighted by Gasteiger charge is 2.32. The molecule has 0 radical (unpaired) electrons. The molecule has 16 aromatic rings. The fraction of sp³-hybridized carbons (Fsp3) is 0.346. The van der Waals surface area contributed by atoms with Gasteiger partial charge in [0.2, 0.25) is 0 Å². The number of carbonyl (C=O) groups excluding carboxylic acids is 4. The van der Waals surface area contributed by atoms with Crippen LogP contribution in [0.1, 0.15) is 146 Å². The van der Waals surface area contributed by atoms with Crippen molar-refractivity contribution in [3.8, 4) is 90.8 Å². The Hall–Kier alpha value is -14.0. The zero-order chi connectivity index (χ0) is 95.0. The third-order valence-corrected chi connectivity index (χ3v) is 24.3. The molecule has 1 saturated carbocycles. The van der Waals surface area contributed by atoms with Crippen molar-refractivity contribution in [3.05, 3.63) is 236 Å². The monoisotopic (exact) mass is 1800 g/mol. The lowest BCUT2D eigenvalue weighted by Gasteiger charge is -2.26. The van der Waals surface area contributed by atoms with Crippen LogP contribution >= 0.6 is 0 Å². The highest BCUT2D eigenvalue weighted by atomic mass is 16.5. The Kier molecular flexibility index (Phi) is 28.9. The molecular weight excluding hydrogens is 1680 g/mol. The lowest BCUT2D eigenvalue weighted by atomic mass is 9.96. The van der Waals surface area contributed by atoms with E-state index in [4.69, 9.17) is 58.3 Å². The molecule has 8 aromatic heterocycles. The summed E-state index contributed by atoms with van der Waals surface area (Å²) in [6.45, 7) is 29.5. The Morgan fingerprint density at radius 3 is 1.16 bits per heavy atom. The van der Waals surface area contributed by atoms with Crippen molar-refractivity contribution < 1.29 is 57.1 Å². The summed E-state index contributed by atoms with van der Waals surface area (Å²) in [6, 6.07) is 62.6. The number of ketones is 4. The highest BCUT2D eigenvalue weighted by molar-refractivity contribution is 5.91. The van der Waals surface area contributed by atoms with Crippen LogP contribution in [0.3, 0.4) is 0 Å². The van der Waals surface area contributed by atoms with Crippen molar-refractivity contribution in [2.75, 3.05) is 39.8 Å². The summed E-state index contributed by atoms with van der Waals surface area (Å²) < 4.78 is 62.0. The molecule has 133 heavy (non-hydrogen) atoms. The van der Waals surface area contributed by atoms with E-state index in [0.717, 1.165) is 166 Å². The first-order chi connectivity index (χ1) is 63.6. The molecule has 29 nitrogen and oxygen atoms in total. The average Bonchev–Trinajstić information content (AvgIpc) is 1.50. The fourth-order valence-electron chi connectivity index (χ4n) is 15.0. The second kappa shape index (κ2) is 40.4. The summed E-state index contributed by atoms with van der Waals surface area (Å²) in [6.07, 6.45) is 11.2. The molecule has 29 heteroatoms. The normalized spacial score (nSPS) is 12.4. The van der Waals surface area contributed by atoms with E-state index in [2.05, 4.69) is 99.8 Å². The Morgan fingerprint density at radius 1 is 0.391 bits per heavy atom. The fourth-order valence-corrected chi connectivity index (χ4v) is 15.0. The number of para-hydroxylation sites is 6. The number of fused-ring (bicyclic) bond motifs is 4. The maximum absolute atomic E-state index is 11.9. The SMILES string of the molecule is CC(=O)C(C)(C)OCc1cc(-c2cccc(OC3CCC3)c2)n(-c2cccc3cnn(C)c23)n1.CCOc1ccccc1-n1nc(COC(C)(C)C(C)=O)cc1-c1cc(OC)cc(OC)c1.CCn1ncc2ccc(-c3cc(COC(C)(C)C(C)=O)nn3-c3cccc4cnn(C)c34)cc21.CCn1ncc2ccc(-c3cc(COC(C)(C)C(C)=O)nn3-c3ccccc3N(C)C)cc21. The van der Waals surface area contributed by atoms with E-state index in [0.29, 0.717) is 35.7 Å². The van der Waals surface area contributed by atoms with Crippen LogP contribution in [0.5, 0.6) is 23.0 Å². The predicted octanol–water partition coefficient (Wildman–Crippen LogP) is 19.6. The predicted molar refractivity (Wildman–Crippen MR) is 518 cm³/mol. The number of anilines is 1. The molecule has 692 valence electrons. The zero-order valence-electron chi connectivity index (χ0n) is 79.9. The van der Waals surface area contributed by atoms with E-state index >= 15 is 0 Å². The lowest BCUT2D eigenvalue weighted by molar-refractivity contribution is -0.140. The van der Waals surface area contributed by atoms with Gasteiger partial charge in [0.15, 0.2) is 23.1 Å². The molecule has 0 aliphatic heterocycles. The van der Waals surface area contributed by atoms with Gasteiger partial charge in [-0.25, -0.2) is 18.7 Å². The van der Waals surface area contributed by atoms with Crippen molar-refractivity contribution in [2.24, 2.45) is 14.1 Å². The summed E-state index contributed by atoms with van der Waals surface area (Å²) in [7, 11) is 11.1. The number of benzene rings is 8. The van der Waals surface area contributed by atoms with E-state index in [1.165, 1.54) is 13.3 Å². The van der Waals surface area contributed by atoms with Crippen molar-refractivity contribution in [3.63, 3.8) is 0 Å². The van der Waals surface area contributed by atoms with Gasteiger partial charge in [-0.2, -0.15) is 40.8 Å². The quantitative estimate of drug-likeness (QED) is 0.0369. The Labute approximate surface area is 775 Å². The van der Waals surface area contributed by atoms with Gasteiger partial charge in [0, 0.05) is 91.1 Å². The van der Waals surface area contributed by atoms with Crippen molar-refractivity contribution >= 4 is 72.4 Å². The minimum atomic E-state index is -0.896. The van der Waals surface area contributed by atoms with Gasteiger partial charge in [0.1, 0.15) is 51.1 Å². The van der Waals surface area contributed by atoms with Gasteiger partial charge in [-0.3, -0.25) is 37.9 Å². The molecule has 0 spiro atoms. The lowest BCUT2D eigenvalue weighted by Crippen LogP contribution is -2.32. The van der Waals surface area contributed by atoms with Gasteiger partial charge in [-0.15, -0.1) is 0 Å². The maximum atomic E-state index is 11.9. The number of rotatable bonds is 33. The molecule has 0 saturated heterocycles. The van der Waals surface area contributed by atoms with Crippen molar-refractivity contribution in [1.82, 2.24) is 78.2 Å². The average molecular weight is 1800 g/mol. The third kappa shape index (κ3) is 21.3. The Morgan fingerprint density at radius 2 is 0.759 bits per heavy atom. The molecule has 0 unspecified atom stereocenters. The van der Waals surface area contributed by atoms with Crippen LogP contribution in [0.15, 0.2) is 213 Å². The van der Waals surface area contributed by atoms with Crippen LogP contribution in [0, 0.1) is 0 Å². The van der Waals surface area contributed by atoms with Crippen LogP contribution in [-0.2, 0) is 91.7 Å². The second-order valence-corrected chi connectivity index (χ2v) is 35.2. The summed E-state index contributed by atoms with van der Waals surface area (Å²) >= 11 is 0. The van der Waals surface area contributed by atoms with Gasteiger partial charge >= 0.3 is 0 Å². The number of carbonyl (C=O) groups is 4. The van der Waals surface area contributed by atoms with Gasteiger partial charge in [0.05, 0.1) is 169 Å². The Balaban J connectivity index is 0.000000143. The van der Waals surface area contributed by atoms with Gasteiger partial charge in [0.25, 0.3) is 0 Å². The van der Waals surface area contributed by atoms with E-state index in [1.54, 1.807) is 90.4 Å². The van der Waals surface area contributed by atoms with Crippen molar-refractivity contribution in [1.29, 1.82) is 0 Å². The summed E-state index contributed by atoms with van der Waals surface area (Å²) in [5.74, 6) is 2.81. The molecule has 1 aliphatic carbocycles. The van der Waals surface area contributed by atoms with Gasteiger partial charge < -0.3 is 42.8 Å². The zero-order valence-corrected chi connectivity index (χ0v) is 79.9. The smallest absolute Gasteiger partial charge is 0.161 e. The molecule has 0 amide bonds. The van der Waals surface area contributed by atoms with Crippen LogP contribution in [0.4, 0.5) is 5.69 Å². The number of hydrogen-bond acceptors (Lipinski definition) is 21. The minimum absolute atomic E-state index is 0.0154. The summed E-state index contributed by atoms with van der Waals surface area (Å²) in [4.78, 5) is 49.7. The van der Waals surface area contributed by atoms with E-state index < -0.39 is 22.4 Å². The molecule has 1 fully saturated rings. The number of aromatic nitrogens is 16. The largest absolute Gasteiger partial charge is 0.497 e. The van der Waals surface area contributed by atoms with E-state index in [-0.39, 0.29) is 49.6 Å². The molecule has 0 N–H and O–H groups in total. The van der Waals surface area contributed by atoms with Crippen LogP contribution in [0.25, 0.3) is 111 Å². The molecule has 8 aromatic carbocycles. The first kappa shape index (κ1) is 95.1. The number of Topliss-reactive ketones (excluding diaryl/α,β-unsaturated/α-hetero) is 4. The topological polar surface area (TPSA) is 288 Å². The first-order valence-corrected chi connectivity index (χ1v) is 44.8. The third-order valence-electron chi connectivity index (χ3n) is 24.3. The highest BCUT2D eigenvalue weighted by Crippen LogP contribution is 2.40. The summed E-state index contributed by atoms with van der Waals surface area (Å²) in [5, 5.41) is 41.6. The van der Waals surface area contributed by atoms with Gasteiger partial charge in [-0.05, 0) is 220 Å². The molecule has 8 heterocycles. The molecule has 17 rings (SSSR count). The standard InChI is InChI=1S/C27H30N4O3.C26H28N6O2.C26H31N5O2.C25H30N2O5/c1-18(32)27(2,3)33-17-21-15-25(19-8-5-12-23(14-19)34-22-10-7-11-22)31(29-21)24-13-6-9-20-16-28-30(4)26(20)24;1-6-31-23-12-18(10-11-19(23)14-28-31)24-13-21(16-34-26(3,4)17(2)33)29-32(24)22-9-7-8-20-15-27-30(5)25(20)22;1-7-30-24-14-19(12-13-20(24)16-27-30)25-15-21(17-33-26(3,4)18(2)32)28-31(25)23-11-9-8-10-22(23)29(5)6;1-7-31-24-11-9-8-10-22(24)27-23(18-12-20(29-5)15-21(13-18)30-6)14-19(26-27)16-32-25(3,4)17(2)28/h5-6,8-9,12-16,22H,7,10-11,17H2,1-4H3;7-15H,6,16H2,1-5H3;8-16H,7,17H2,1-6H3;8-15H,7,16H2,1-6H3. The van der Waals surface area contributed by atoms with Gasteiger partial charge in [-0.1, -0.05) is 84.9 Å². The molecule has 1 aliphatic rings. The number of hydrogen-bond donors (Lipinski definition) is 0. The summed E-state index contributed by atoms with van der Waals surface area (Å²) in [5.41, 5.74) is 15.8. The van der Waals surface area contributed by atoms with Crippen LogP contribution in [-0.4, -0.2) is 165 Å². The molecule has 0 atom stereocenters. The van der Waals surface area contributed by atoms with Crippen molar-refractivity contribution in [2.45, 2.75) is 191 Å². The first-order valence-electron chi connectivity index (χ1n) is 44.8. The number of ether oxygens (including phenoxy) is 8. The minimum Gasteiger partial charge on any atom is -0.497 e. The van der Waals surface area contributed by atoms with E-state index in [1.807, 2.05) is 225 Å². The molecular formula is C104H119N17O12.